The fourth-order valence-electron chi connectivity index (χ4n) is 2.30. The Morgan fingerprint density at radius 2 is 2.04 bits per heavy atom. The molecular weight excluding hydrogens is 388 g/mol. The molecule has 0 saturated heterocycles. The average molecular weight is 405 g/mol. The van der Waals surface area contributed by atoms with E-state index in [1.54, 1.807) is 30.3 Å². The molecule has 3 aromatic rings. The molecule has 1 amide bonds. The number of aromatic nitrogens is 4. The molecule has 3 rings (SSSR count). The van der Waals surface area contributed by atoms with Crippen molar-refractivity contribution in [3.8, 4) is 17.3 Å². The molecule has 0 fully saturated rings. The summed E-state index contributed by atoms with van der Waals surface area (Å²) in [5.74, 6) is 0.677. The van der Waals surface area contributed by atoms with Gasteiger partial charge in [0.05, 0.1) is 5.75 Å². The van der Waals surface area contributed by atoms with Crippen molar-refractivity contribution in [2.24, 2.45) is 0 Å². The number of carbonyl (C=O) groups excluding carboxylic acids is 1. The van der Waals surface area contributed by atoms with Crippen molar-refractivity contribution in [2.45, 2.75) is 18.3 Å². The summed E-state index contributed by atoms with van der Waals surface area (Å²) in [5, 5.41) is 7.34. The van der Waals surface area contributed by atoms with Gasteiger partial charge in [0.1, 0.15) is 11.4 Å². The smallest absolute Gasteiger partial charge is 0.387 e. The van der Waals surface area contributed by atoms with E-state index in [-0.39, 0.29) is 17.4 Å². The van der Waals surface area contributed by atoms with Crippen molar-refractivity contribution in [2.75, 3.05) is 12.8 Å². The van der Waals surface area contributed by atoms with Crippen LogP contribution in [-0.4, -0.2) is 50.4 Å². The summed E-state index contributed by atoms with van der Waals surface area (Å²) in [6, 6.07) is 11.6. The predicted molar refractivity (Wildman–Crippen MR) is 99.9 cm³/mol. The summed E-state index contributed by atoms with van der Waals surface area (Å²) in [7, 11) is 1.67. The zero-order chi connectivity index (χ0) is 19.9. The Morgan fingerprint density at radius 1 is 1.25 bits per heavy atom. The van der Waals surface area contributed by atoms with Gasteiger partial charge in [-0.15, -0.1) is 5.10 Å². The van der Waals surface area contributed by atoms with Gasteiger partial charge in [-0.05, 0) is 29.8 Å². The van der Waals surface area contributed by atoms with Gasteiger partial charge in [-0.1, -0.05) is 30.0 Å². The van der Waals surface area contributed by atoms with Gasteiger partial charge in [0, 0.05) is 19.8 Å². The fourth-order valence-corrected chi connectivity index (χ4v) is 3.04. The lowest BCUT2D eigenvalue weighted by molar-refractivity contribution is -0.127. The molecule has 0 aliphatic rings. The molecule has 0 atom stereocenters. The molecule has 1 aromatic carbocycles. The number of hydrogen-bond acceptors (Lipinski definition) is 6. The maximum absolute atomic E-state index is 12.3. The van der Waals surface area contributed by atoms with Gasteiger partial charge >= 0.3 is 6.61 Å². The summed E-state index contributed by atoms with van der Waals surface area (Å²) in [5.41, 5.74) is 1.47. The predicted octanol–water partition coefficient (Wildman–Crippen LogP) is 3.22. The van der Waals surface area contributed by atoms with Crippen molar-refractivity contribution in [3.63, 3.8) is 0 Å². The number of pyridine rings is 1. The highest BCUT2D eigenvalue weighted by Crippen LogP contribution is 2.19. The molecule has 2 aromatic heterocycles. The van der Waals surface area contributed by atoms with Gasteiger partial charge in [0.25, 0.3) is 0 Å². The standard InChI is InChI=1S/C18H17F2N5O2S/c1-25(10-12-5-7-13(8-6-12)27-17(19)20)15(26)11-28-18-22-16(23-24-18)14-4-2-3-9-21-14/h2-9,17H,10-11H2,1H3,(H,22,23,24). The van der Waals surface area contributed by atoms with E-state index >= 15 is 0 Å². The Bertz CT molecular complexity index is 906. The molecule has 0 unspecified atom stereocenters. The number of H-pyrrole nitrogens is 1. The highest BCUT2D eigenvalue weighted by Gasteiger charge is 2.13. The Morgan fingerprint density at radius 3 is 2.71 bits per heavy atom. The third-order valence-electron chi connectivity index (χ3n) is 3.69. The molecular formula is C18H17F2N5O2S. The molecule has 146 valence electrons. The van der Waals surface area contributed by atoms with Crippen LogP contribution < -0.4 is 4.74 Å². The monoisotopic (exact) mass is 405 g/mol. The second-order valence-electron chi connectivity index (χ2n) is 5.74. The molecule has 28 heavy (non-hydrogen) atoms. The maximum Gasteiger partial charge on any atom is 0.387 e. The van der Waals surface area contributed by atoms with Crippen LogP contribution in [0.1, 0.15) is 5.56 Å². The third kappa shape index (κ3) is 5.49. The zero-order valence-corrected chi connectivity index (χ0v) is 15.7. The summed E-state index contributed by atoms with van der Waals surface area (Å²) in [6.45, 7) is -2.51. The number of amides is 1. The van der Waals surface area contributed by atoms with Crippen molar-refractivity contribution >= 4 is 17.7 Å². The van der Waals surface area contributed by atoms with Crippen molar-refractivity contribution in [1.82, 2.24) is 25.1 Å². The lowest BCUT2D eigenvalue weighted by Gasteiger charge is -2.17. The molecule has 10 heteroatoms. The quantitative estimate of drug-likeness (QED) is 0.580. The van der Waals surface area contributed by atoms with E-state index in [1.807, 2.05) is 18.2 Å². The van der Waals surface area contributed by atoms with Crippen LogP contribution in [-0.2, 0) is 11.3 Å². The van der Waals surface area contributed by atoms with E-state index in [2.05, 4.69) is 24.9 Å². The normalized spacial score (nSPS) is 10.9. The van der Waals surface area contributed by atoms with Crippen LogP contribution in [0.25, 0.3) is 11.5 Å². The first kappa shape index (κ1) is 19.7. The third-order valence-corrected chi connectivity index (χ3v) is 4.52. The lowest BCUT2D eigenvalue weighted by Crippen LogP contribution is -2.27. The van der Waals surface area contributed by atoms with Crippen molar-refractivity contribution in [1.29, 1.82) is 0 Å². The van der Waals surface area contributed by atoms with Crippen LogP contribution in [0.5, 0.6) is 5.75 Å². The van der Waals surface area contributed by atoms with Crippen molar-refractivity contribution in [3.05, 3.63) is 54.2 Å². The van der Waals surface area contributed by atoms with E-state index in [4.69, 9.17) is 0 Å². The SMILES string of the molecule is CN(Cc1ccc(OC(F)F)cc1)C(=O)CSc1n[nH]c(-c2ccccn2)n1. The average Bonchev–Trinajstić information content (AvgIpc) is 3.17. The van der Waals surface area contributed by atoms with Gasteiger partial charge in [-0.2, -0.15) is 13.8 Å². The number of rotatable bonds is 8. The minimum Gasteiger partial charge on any atom is -0.435 e. The van der Waals surface area contributed by atoms with Crippen LogP contribution in [0.2, 0.25) is 0 Å². The van der Waals surface area contributed by atoms with E-state index in [0.717, 1.165) is 5.56 Å². The number of aromatic amines is 1. The van der Waals surface area contributed by atoms with Gasteiger partial charge in [0.2, 0.25) is 11.1 Å². The molecule has 0 aliphatic carbocycles. The van der Waals surface area contributed by atoms with Gasteiger partial charge in [-0.3, -0.25) is 14.9 Å². The van der Waals surface area contributed by atoms with Crippen LogP contribution in [0.15, 0.2) is 53.8 Å². The summed E-state index contributed by atoms with van der Waals surface area (Å²) < 4.78 is 28.6. The first-order valence-corrected chi connectivity index (χ1v) is 9.24. The molecule has 0 saturated carbocycles. The number of nitrogens with one attached hydrogen (secondary N) is 1. The Kier molecular flexibility index (Phi) is 6.53. The number of benzene rings is 1. The molecule has 0 spiro atoms. The maximum atomic E-state index is 12.3. The first-order valence-electron chi connectivity index (χ1n) is 8.25. The lowest BCUT2D eigenvalue weighted by atomic mass is 10.2. The van der Waals surface area contributed by atoms with Crippen LogP contribution in [0.4, 0.5) is 8.78 Å². The number of ether oxygens (including phenoxy) is 1. The zero-order valence-electron chi connectivity index (χ0n) is 14.9. The second-order valence-corrected chi connectivity index (χ2v) is 6.68. The number of alkyl halides is 2. The minimum absolute atomic E-state index is 0.0802. The minimum atomic E-state index is -2.86. The highest BCUT2D eigenvalue weighted by molar-refractivity contribution is 7.99. The number of thioether (sulfide) groups is 1. The van der Waals surface area contributed by atoms with Gasteiger partial charge < -0.3 is 9.64 Å². The first-order chi connectivity index (χ1) is 13.5. The number of hydrogen-bond donors (Lipinski definition) is 1. The van der Waals surface area contributed by atoms with E-state index in [0.29, 0.717) is 23.2 Å². The van der Waals surface area contributed by atoms with Crippen molar-refractivity contribution < 1.29 is 18.3 Å². The summed E-state index contributed by atoms with van der Waals surface area (Å²) >= 11 is 1.22. The van der Waals surface area contributed by atoms with Gasteiger partial charge in [0.15, 0.2) is 5.82 Å². The Hall–Kier alpha value is -3.01. The Labute approximate surface area is 164 Å². The summed E-state index contributed by atoms with van der Waals surface area (Å²) in [4.78, 5) is 22.4. The number of carbonyl (C=O) groups is 1. The molecule has 2 heterocycles. The second kappa shape index (κ2) is 9.27. The van der Waals surface area contributed by atoms with E-state index in [1.165, 1.54) is 23.9 Å². The molecule has 0 bridgehead atoms. The van der Waals surface area contributed by atoms with Crippen LogP contribution in [0.3, 0.4) is 0 Å². The largest absolute Gasteiger partial charge is 0.435 e. The van der Waals surface area contributed by atoms with E-state index < -0.39 is 6.61 Å². The molecule has 1 N–H and O–H groups in total. The summed E-state index contributed by atoms with van der Waals surface area (Å²) in [6.07, 6.45) is 1.66. The number of halogens is 2. The molecule has 0 aliphatic heterocycles. The molecule has 7 nitrogen and oxygen atoms in total. The highest BCUT2D eigenvalue weighted by atomic mass is 32.2. The van der Waals surface area contributed by atoms with Gasteiger partial charge in [-0.25, -0.2) is 0 Å². The van der Waals surface area contributed by atoms with Crippen LogP contribution >= 0.6 is 11.8 Å². The Balaban J connectivity index is 1.50. The fraction of sp³-hybridized carbons (Fsp3) is 0.222. The number of nitrogens with zero attached hydrogens (tertiary/aromatic N) is 4. The molecule has 0 radical (unpaired) electrons. The topological polar surface area (TPSA) is 84.0 Å². The van der Waals surface area contributed by atoms with E-state index in [9.17, 15) is 13.6 Å². The van der Waals surface area contributed by atoms with Crippen LogP contribution in [0, 0.1) is 0 Å².